The van der Waals surface area contributed by atoms with Crippen LogP contribution in [-0.2, 0) is 19.9 Å². The zero-order valence-corrected chi connectivity index (χ0v) is 17.1. The molecule has 3 aliphatic heterocycles. The highest BCUT2D eigenvalue weighted by Gasteiger charge is 2.55. The van der Waals surface area contributed by atoms with Crippen molar-refractivity contribution < 1.29 is 28.7 Å². The van der Waals surface area contributed by atoms with Crippen LogP contribution < -0.4 is 25.4 Å². The maximum absolute atomic E-state index is 13.2. The minimum atomic E-state index is -1.24. The number of imide groups is 1. The Balaban J connectivity index is 1.32. The van der Waals surface area contributed by atoms with Crippen molar-refractivity contribution in [3.8, 4) is 11.5 Å². The number of amides is 5. The van der Waals surface area contributed by atoms with Crippen LogP contribution in [0.2, 0.25) is 0 Å². The second-order valence-electron chi connectivity index (χ2n) is 7.83. The molecule has 1 fully saturated rings. The molecule has 10 nitrogen and oxygen atoms in total. The van der Waals surface area contributed by atoms with Gasteiger partial charge in [0.25, 0.3) is 11.8 Å². The summed E-state index contributed by atoms with van der Waals surface area (Å²) in [7, 11) is 0. The average molecular weight is 436 g/mol. The Morgan fingerprint density at radius 3 is 2.84 bits per heavy atom. The molecule has 2 aromatic rings. The van der Waals surface area contributed by atoms with Gasteiger partial charge < -0.3 is 25.4 Å². The van der Waals surface area contributed by atoms with Crippen molar-refractivity contribution in [1.29, 1.82) is 0 Å². The number of benzene rings is 2. The zero-order valence-electron chi connectivity index (χ0n) is 17.1. The first-order valence-electron chi connectivity index (χ1n) is 10.2. The number of fused-ring (bicyclic) bond motifs is 3. The van der Waals surface area contributed by atoms with E-state index in [1.165, 1.54) is 0 Å². The van der Waals surface area contributed by atoms with E-state index in [0.717, 1.165) is 4.90 Å². The van der Waals surface area contributed by atoms with Crippen LogP contribution in [0.5, 0.6) is 11.5 Å². The van der Waals surface area contributed by atoms with E-state index in [-0.39, 0.29) is 18.9 Å². The summed E-state index contributed by atoms with van der Waals surface area (Å²) in [5, 5.41) is 8.11. The van der Waals surface area contributed by atoms with Crippen molar-refractivity contribution in [3.63, 3.8) is 0 Å². The molecule has 5 rings (SSSR count). The van der Waals surface area contributed by atoms with Crippen molar-refractivity contribution >= 4 is 35.1 Å². The van der Waals surface area contributed by atoms with Gasteiger partial charge in [0.1, 0.15) is 18.0 Å². The fourth-order valence-corrected chi connectivity index (χ4v) is 4.15. The van der Waals surface area contributed by atoms with Crippen LogP contribution >= 0.6 is 0 Å². The fourth-order valence-electron chi connectivity index (χ4n) is 4.15. The minimum Gasteiger partial charge on any atom is -0.493 e. The third-order valence-corrected chi connectivity index (χ3v) is 5.75. The molecule has 164 valence electrons. The molecule has 1 saturated heterocycles. The van der Waals surface area contributed by atoms with Crippen LogP contribution in [0, 0.1) is 0 Å². The fraction of sp³-hybridized carbons (Fsp3) is 0.273. The summed E-state index contributed by atoms with van der Waals surface area (Å²) in [5.41, 5.74) is 0.160. The van der Waals surface area contributed by atoms with Gasteiger partial charge in [-0.1, -0.05) is 18.2 Å². The molecule has 0 aliphatic carbocycles. The van der Waals surface area contributed by atoms with E-state index >= 15 is 0 Å². The second kappa shape index (κ2) is 7.26. The lowest BCUT2D eigenvalue weighted by Crippen LogP contribution is -2.48. The molecule has 0 unspecified atom stereocenters. The monoisotopic (exact) mass is 436 g/mol. The molecule has 3 heterocycles. The molecule has 3 aliphatic rings. The van der Waals surface area contributed by atoms with Gasteiger partial charge in [0.15, 0.2) is 11.6 Å². The molecule has 0 radical (unpaired) electrons. The van der Waals surface area contributed by atoms with E-state index in [2.05, 4.69) is 16.0 Å². The number of rotatable bonds is 3. The van der Waals surface area contributed by atoms with Crippen molar-refractivity contribution in [2.75, 3.05) is 23.8 Å². The van der Waals surface area contributed by atoms with E-state index in [1.54, 1.807) is 49.4 Å². The van der Waals surface area contributed by atoms with Crippen molar-refractivity contribution in [1.82, 2.24) is 10.2 Å². The van der Waals surface area contributed by atoms with Gasteiger partial charge in [-0.25, -0.2) is 4.79 Å². The number of carbonyl (C=O) groups is 4. The molecule has 2 atom stereocenters. The van der Waals surface area contributed by atoms with Crippen LogP contribution in [0.15, 0.2) is 42.5 Å². The van der Waals surface area contributed by atoms with Crippen LogP contribution in [0.1, 0.15) is 18.9 Å². The first kappa shape index (κ1) is 19.9. The lowest BCUT2D eigenvalue weighted by molar-refractivity contribution is -0.135. The van der Waals surface area contributed by atoms with Crippen molar-refractivity contribution in [2.45, 2.75) is 25.0 Å². The molecule has 32 heavy (non-hydrogen) atoms. The molecular formula is C22H20N4O6. The van der Waals surface area contributed by atoms with Crippen molar-refractivity contribution in [3.05, 3.63) is 48.0 Å². The molecule has 1 spiro atoms. The largest absolute Gasteiger partial charge is 0.493 e. The lowest BCUT2D eigenvalue weighted by atomic mass is 9.84. The summed E-state index contributed by atoms with van der Waals surface area (Å²) in [6.07, 6.45) is -0.333. The Labute approximate surface area is 182 Å². The van der Waals surface area contributed by atoms with Crippen LogP contribution in [0.4, 0.5) is 16.2 Å². The van der Waals surface area contributed by atoms with Gasteiger partial charge in [-0.15, -0.1) is 0 Å². The van der Waals surface area contributed by atoms with Crippen LogP contribution in [0.3, 0.4) is 0 Å². The molecular weight excluding hydrogens is 416 g/mol. The van der Waals surface area contributed by atoms with E-state index in [4.69, 9.17) is 9.47 Å². The number of nitrogens with zero attached hydrogens (tertiary/aromatic N) is 1. The highest BCUT2D eigenvalue weighted by Crippen LogP contribution is 2.41. The minimum absolute atomic E-state index is 0.268. The summed E-state index contributed by atoms with van der Waals surface area (Å²) in [5.74, 6) is -0.311. The summed E-state index contributed by atoms with van der Waals surface area (Å²) >= 11 is 0. The zero-order chi connectivity index (χ0) is 22.5. The number of para-hydroxylation sites is 1. The summed E-state index contributed by atoms with van der Waals surface area (Å²) in [4.78, 5) is 51.2. The van der Waals surface area contributed by atoms with Gasteiger partial charge in [-0.05, 0) is 31.2 Å². The molecule has 5 amide bonds. The number of ether oxygens (including phenoxy) is 2. The Bertz CT molecular complexity index is 1160. The number of urea groups is 1. The summed E-state index contributed by atoms with van der Waals surface area (Å²) < 4.78 is 11.1. The lowest BCUT2D eigenvalue weighted by Gasteiger charge is -2.33. The number of carbonyl (C=O) groups excluding carboxylic acids is 4. The average Bonchev–Trinajstić information content (AvgIpc) is 3.00. The molecule has 0 aromatic heterocycles. The molecule has 0 bridgehead atoms. The predicted molar refractivity (Wildman–Crippen MR) is 112 cm³/mol. The van der Waals surface area contributed by atoms with Gasteiger partial charge in [0.2, 0.25) is 5.91 Å². The Kier molecular flexibility index (Phi) is 4.50. The van der Waals surface area contributed by atoms with Gasteiger partial charge in [0.05, 0.1) is 12.3 Å². The number of hydrogen-bond acceptors (Lipinski definition) is 6. The first-order chi connectivity index (χ1) is 15.4. The van der Waals surface area contributed by atoms with Crippen LogP contribution in [0.25, 0.3) is 0 Å². The molecule has 0 saturated carbocycles. The third-order valence-electron chi connectivity index (χ3n) is 5.75. The van der Waals surface area contributed by atoms with E-state index < -0.39 is 36.0 Å². The number of anilines is 2. The van der Waals surface area contributed by atoms with Gasteiger partial charge in [-0.3, -0.25) is 19.3 Å². The van der Waals surface area contributed by atoms with E-state index in [0.29, 0.717) is 28.4 Å². The third kappa shape index (κ3) is 3.11. The van der Waals surface area contributed by atoms with Crippen molar-refractivity contribution in [2.24, 2.45) is 0 Å². The maximum atomic E-state index is 13.2. The molecule has 2 aromatic carbocycles. The number of nitrogens with one attached hydrogen (secondary N) is 3. The Hall–Kier alpha value is -4.08. The predicted octanol–water partition coefficient (Wildman–Crippen LogP) is 1.57. The Morgan fingerprint density at radius 2 is 2.00 bits per heavy atom. The molecule has 10 heteroatoms. The quantitative estimate of drug-likeness (QED) is 0.627. The normalized spacial score (nSPS) is 23.5. The SMILES string of the molecule is C[C@H]1Oc2ccc(NC(=O)CN3C(=O)N[C@@]4(CCOc5ccccc54)C3=O)cc2NC1=O. The van der Waals surface area contributed by atoms with E-state index in [1.807, 2.05) is 0 Å². The summed E-state index contributed by atoms with van der Waals surface area (Å²) in [6.45, 7) is 1.45. The van der Waals surface area contributed by atoms with Crippen LogP contribution in [-0.4, -0.2) is 47.9 Å². The smallest absolute Gasteiger partial charge is 0.325 e. The number of hydrogen-bond donors (Lipinski definition) is 3. The standard InChI is InChI=1S/C22H20N4O6/c1-12-19(28)24-15-10-13(6-7-17(15)32-12)23-18(27)11-26-20(29)22(25-21(26)30)8-9-31-16-5-3-2-4-14(16)22/h2-7,10,12H,8-9,11H2,1H3,(H,23,27)(H,24,28)(H,25,30)/t12-,22-/m1/s1. The second-order valence-corrected chi connectivity index (χ2v) is 7.83. The van der Waals surface area contributed by atoms with Gasteiger partial charge >= 0.3 is 6.03 Å². The first-order valence-corrected chi connectivity index (χ1v) is 10.2. The summed E-state index contributed by atoms with van der Waals surface area (Å²) in [6, 6.07) is 11.2. The van der Waals surface area contributed by atoms with Gasteiger partial charge in [-0.2, -0.15) is 0 Å². The van der Waals surface area contributed by atoms with E-state index in [9.17, 15) is 19.2 Å². The highest BCUT2D eigenvalue weighted by molar-refractivity contribution is 6.11. The van der Waals surface area contributed by atoms with Gasteiger partial charge in [0, 0.05) is 17.7 Å². The maximum Gasteiger partial charge on any atom is 0.325 e. The topological polar surface area (TPSA) is 126 Å². The highest BCUT2D eigenvalue weighted by atomic mass is 16.5. The Morgan fingerprint density at radius 1 is 1.19 bits per heavy atom. The molecule has 3 N–H and O–H groups in total.